The average molecular weight is 351 g/mol. The molecule has 0 unspecified atom stereocenters. The van der Waals surface area contributed by atoms with Crippen LogP contribution in [0.2, 0.25) is 0 Å². The van der Waals surface area contributed by atoms with E-state index in [1.807, 2.05) is 24.3 Å². The number of Topliss-reactive ketones (excluding diaryl/α,β-unsaturated/α-hetero) is 1. The van der Waals surface area contributed by atoms with Crippen molar-refractivity contribution in [1.82, 2.24) is 4.90 Å². The van der Waals surface area contributed by atoms with Gasteiger partial charge in [0.2, 0.25) is 0 Å². The summed E-state index contributed by atoms with van der Waals surface area (Å²) in [6.45, 7) is 3.33. The number of rotatable bonds is 8. The van der Waals surface area contributed by atoms with E-state index >= 15 is 0 Å². The Labute approximate surface area is 157 Å². The first-order valence-electron chi connectivity index (χ1n) is 9.66. The minimum absolute atomic E-state index is 0.328. The lowest BCUT2D eigenvalue weighted by molar-refractivity contribution is -0.118. The van der Waals surface area contributed by atoms with Gasteiger partial charge in [-0.2, -0.15) is 0 Å². The van der Waals surface area contributed by atoms with Gasteiger partial charge in [0.25, 0.3) is 0 Å². The van der Waals surface area contributed by atoms with Gasteiger partial charge in [0, 0.05) is 12.8 Å². The average Bonchev–Trinajstić information content (AvgIpc) is 2.70. The first-order chi connectivity index (χ1) is 12.7. The molecule has 0 bridgehead atoms. The lowest BCUT2D eigenvalue weighted by Crippen LogP contribution is -2.33. The lowest BCUT2D eigenvalue weighted by Gasteiger charge is -2.32. The predicted octanol–water partition coefficient (Wildman–Crippen LogP) is 4.47. The topological polar surface area (TPSA) is 29.5 Å². The Morgan fingerprint density at radius 1 is 1.04 bits per heavy atom. The number of benzene rings is 2. The molecule has 1 fully saturated rings. The predicted molar refractivity (Wildman–Crippen MR) is 106 cm³/mol. The smallest absolute Gasteiger partial charge is 0.137 e. The fourth-order valence-corrected chi connectivity index (χ4v) is 3.77. The molecule has 1 aliphatic rings. The Balaban J connectivity index is 1.34. The SMILES string of the molecule is COc1ccc(CC(=O)CCCN2CCC(c3ccccc3)CC2)cc1. The van der Waals surface area contributed by atoms with E-state index in [0.29, 0.717) is 24.5 Å². The highest BCUT2D eigenvalue weighted by Crippen LogP contribution is 2.27. The molecule has 0 aliphatic carbocycles. The Hall–Kier alpha value is -2.13. The number of carbonyl (C=O) groups is 1. The van der Waals surface area contributed by atoms with Crippen LogP contribution in [0, 0.1) is 0 Å². The van der Waals surface area contributed by atoms with E-state index in [2.05, 4.69) is 35.2 Å². The third kappa shape index (κ3) is 5.43. The van der Waals surface area contributed by atoms with Crippen molar-refractivity contribution >= 4 is 5.78 Å². The number of nitrogens with zero attached hydrogens (tertiary/aromatic N) is 1. The van der Waals surface area contributed by atoms with Crippen molar-refractivity contribution in [2.45, 2.75) is 38.0 Å². The summed E-state index contributed by atoms with van der Waals surface area (Å²) in [5.74, 6) is 1.86. The third-order valence-corrected chi connectivity index (χ3v) is 5.35. The Kier molecular flexibility index (Phi) is 6.84. The first-order valence-corrected chi connectivity index (χ1v) is 9.66. The normalized spacial score (nSPS) is 15.7. The number of methoxy groups -OCH3 is 1. The van der Waals surface area contributed by atoms with Gasteiger partial charge >= 0.3 is 0 Å². The number of likely N-dealkylation sites (tertiary alicyclic amines) is 1. The van der Waals surface area contributed by atoms with Crippen LogP contribution < -0.4 is 4.74 Å². The number of piperidine rings is 1. The molecule has 26 heavy (non-hydrogen) atoms. The van der Waals surface area contributed by atoms with Gasteiger partial charge in [0.1, 0.15) is 11.5 Å². The summed E-state index contributed by atoms with van der Waals surface area (Å²) in [7, 11) is 1.66. The van der Waals surface area contributed by atoms with Crippen LogP contribution >= 0.6 is 0 Å². The van der Waals surface area contributed by atoms with Gasteiger partial charge in [-0.05, 0) is 68.1 Å². The van der Waals surface area contributed by atoms with Crippen molar-refractivity contribution in [3.8, 4) is 5.75 Å². The molecule has 3 heteroatoms. The van der Waals surface area contributed by atoms with Crippen LogP contribution in [0.4, 0.5) is 0 Å². The molecule has 0 N–H and O–H groups in total. The Morgan fingerprint density at radius 3 is 2.38 bits per heavy atom. The molecule has 1 heterocycles. The van der Waals surface area contributed by atoms with Gasteiger partial charge in [-0.25, -0.2) is 0 Å². The number of hydrogen-bond acceptors (Lipinski definition) is 3. The molecule has 3 nitrogen and oxygen atoms in total. The van der Waals surface area contributed by atoms with Crippen LogP contribution in [0.15, 0.2) is 54.6 Å². The van der Waals surface area contributed by atoms with E-state index in [0.717, 1.165) is 37.4 Å². The number of hydrogen-bond donors (Lipinski definition) is 0. The van der Waals surface area contributed by atoms with E-state index in [4.69, 9.17) is 4.74 Å². The van der Waals surface area contributed by atoms with Crippen LogP contribution in [0.5, 0.6) is 5.75 Å². The highest BCUT2D eigenvalue weighted by Gasteiger charge is 2.20. The molecule has 0 amide bonds. The minimum Gasteiger partial charge on any atom is -0.497 e. The summed E-state index contributed by atoms with van der Waals surface area (Å²) < 4.78 is 5.15. The number of carbonyl (C=O) groups excluding carboxylic acids is 1. The molecule has 0 spiro atoms. The van der Waals surface area contributed by atoms with Crippen molar-refractivity contribution in [2.75, 3.05) is 26.7 Å². The zero-order valence-corrected chi connectivity index (χ0v) is 15.7. The fourth-order valence-electron chi connectivity index (χ4n) is 3.77. The second-order valence-electron chi connectivity index (χ2n) is 7.19. The lowest BCUT2D eigenvalue weighted by atomic mass is 9.89. The molecule has 0 saturated carbocycles. The molecule has 0 aromatic heterocycles. The van der Waals surface area contributed by atoms with Crippen molar-refractivity contribution in [3.05, 3.63) is 65.7 Å². The standard InChI is InChI=1S/C23H29NO2/c1-26-23-11-9-19(10-12-23)18-22(25)8-5-15-24-16-13-21(14-17-24)20-6-3-2-4-7-20/h2-4,6-7,9-12,21H,5,8,13-18H2,1H3. The van der Waals surface area contributed by atoms with E-state index in [9.17, 15) is 4.79 Å². The molecule has 0 radical (unpaired) electrons. The monoisotopic (exact) mass is 351 g/mol. The highest BCUT2D eigenvalue weighted by atomic mass is 16.5. The maximum Gasteiger partial charge on any atom is 0.137 e. The van der Waals surface area contributed by atoms with Crippen molar-refractivity contribution in [1.29, 1.82) is 0 Å². The molecular formula is C23H29NO2. The van der Waals surface area contributed by atoms with Crippen LogP contribution in [0.1, 0.15) is 42.7 Å². The molecule has 138 valence electrons. The molecular weight excluding hydrogens is 322 g/mol. The zero-order valence-electron chi connectivity index (χ0n) is 15.7. The van der Waals surface area contributed by atoms with Crippen molar-refractivity contribution in [3.63, 3.8) is 0 Å². The summed E-state index contributed by atoms with van der Waals surface area (Å²) in [5, 5.41) is 0. The highest BCUT2D eigenvalue weighted by molar-refractivity contribution is 5.80. The van der Waals surface area contributed by atoms with E-state index < -0.39 is 0 Å². The summed E-state index contributed by atoms with van der Waals surface area (Å²) >= 11 is 0. The summed E-state index contributed by atoms with van der Waals surface area (Å²) in [6.07, 6.45) is 4.61. The third-order valence-electron chi connectivity index (χ3n) is 5.35. The fraction of sp³-hybridized carbons (Fsp3) is 0.435. The molecule has 1 saturated heterocycles. The summed E-state index contributed by atoms with van der Waals surface area (Å²) in [4.78, 5) is 14.7. The van der Waals surface area contributed by atoms with Gasteiger partial charge < -0.3 is 9.64 Å². The van der Waals surface area contributed by atoms with Crippen LogP contribution in [-0.2, 0) is 11.2 Å². The Bertz CT molecular complexity index is 673. The van der Waals surface area contributed by atoms with Gasteiger partial charge in [0.05, 0.1) is 7.11 Å². The maximum absolute atomic E-state index is 12.2. The zero-order chi connectivity index (χ0) is 18.2. The Morgan fingerprint density at radius 2 is 1.73 bits per heavy atom. The van der Waals surface area contributed by atoms with E-state index in [1.54, 1.807) is 7.11 Å². The van der Waals surface area contributed by atoms with Crippen LogP contribution in [0.25, 0.3) is 0 Å². The first kappa shape index (κ1) is 18.7. The van der Waals surface area contributed by atoms with Crippen LogP contribution in [-0.4, -0.2) is 37.4 Å². The molecule has 2 aromatic carbocycles. The van der Waals surface area contributed by atoms with Gasteiger partial charge in [-0.3, -0.25) is 4.79 Å². The van der Waals surface area contributed by atoms with Crippen molar-refractivity contribution in [2.24, 2.45) is 0 Å². The number of ketones is 1. The largest absolute Gasteiger partial charge is 0.497 e. The molecule has 1 aliphatic heterocycles. The van der Waals surface area contributed by atoms with E-state index in [-0.39, 0.29) is 0 Å². The molecule has 2 aromatic rings. The van der Waals surface area contributed by atoms with Crippen LogP contribution in [0.3, 0.4) is 0 Å². The maximum atomic E-state index is 12.2. The number of ether oxygens (including phenoxy) is 1. The second kappa shape index (κ2) is 9.54. The minimum atomic E-state index is 0.328. The quantitative estimate of drug-likeness (QED) is 0.703. The molecule has 3 rings (SSSR count). The van der Waals surface area contributed by atoms with Gasteiger partial charge in [0.15, 0.2) is 0 Å². The van der Waals surface area contributed by atoms with Gasteiger partial charge in [-0.15, -0.1) is 0 Å². The van der Waals surface area contributed by atoms with E-state index in [1.165, 1.54) is 18.4 Å². The summed E-state index contributed by atoms with van der Waals surface area (Å²) in [6, 6.07) is 18.6. The summed E-state index contributed by atoms with van der Waals surface area (Å²) in [5.41, 5.74) is 2.54. The molecule has 0 atom stereocenters. The second-order valence-corrected chi connectivity index (χ2v) is 7.19. The van der Waals surface area contributed by atoms with Gasteiger partial charge in [-0.1, -0.05) is 42.5 Å². The van der Waals surface area contributed by atoms with Crippen molar-refractivity contribution < 1.29 is 9.53 Å².